The van der Waals surface area contributed by atoms with Crippen LogP contribution in [0.25, 0.3) is 0 Å². The minimum Gasteiger partial charge on any atom is -0.497 e. The average molecular weight is 192 g/mol. The van der Waals surface area contributed by atoms with Gasteiger partial charge in [-0.25, -0.2) is 0 Å². The number of ether oxygens (including phenoxy) is 2. The summed E-state index contributed by atoms with van der Waals surface area (Å²) in [7, 11) is 1.58. The molecule has 0 fully saturated rings. The quantitative estimate of drug-likeness (QED) is 0.681. The van der Waals surface area contributed by atoms with E-state index >= 15 is 0 Å². The third kappa shape index (κ3) is 1.35. The lowest BCUT2D eigenvalue weighted by molar-refractivity contribution is 0.0848. The maximum Gasteiger partial charge on any atom is 0.172 e. The standard InChI is InChI=1S/C11H12O3/c1-7-6-14-10-4-3-8(13-2)5-9(10)11(7)12/h3-5,7H,6H2,1-2H3. The molecule has 0 aromatic heterocycles. The van der Waals surface area contributed by atoms with E-state index in [1.807, 2.05) is 6.92 Å². The number of rotatable bonds is 1. The van der Waals surface area contributed by atoms with Crippen molar-refractivity contribution in [2.45, 2.75) is 6.92 Å². The number of fused-ring (bicyclic) bond motifs is 1. The van der Waals surface area contributed by atoms with Crippen LogP contribution in [0.3, 0.4) is 0 Å². The highest BCUT2D eigenvalue weighted by atomic mass is 16.5. The number of methoxy groups -OCH3 is 1. The Morgan fingerprint density at radius 1 is 1.50 bits per heavy atom. The maximum absolute atomic E-state index is 11.7. The van der Waals surface area contributed by atoms with Crippen LogP contribution in [-0.4, -0.2) is 19.5 Å². The molecule has 0 aliphatic carbocycles. The molecule has 3 heteroatoms. The van der Waals surface area contributed by atoms with Crippen molar-refractivity contribution in [3.63, 3.8) is 0 Å². The zero-order valence-corrected chi connectivity index (χ0v) is 8.24. The Morgan fingerprint density at radius 3 is 3.00 bits per heavy atom. The number of ketones is 1. The van der Waals surface area contributed by atoms with Gasteiger partial charge in [0.05, 0.1) is 25.2 Å². The highest BCUT2D eigenvalue weighted by Gasteiger charge is 2.25. The summed E-state index contributed by atoms with van der Waals surface area (Å²) in [6, 6.07) is 5.30. The van der Waals surface area contributed by atoms with E-state index in [1.165, 1.54) is 0 Å². The van der Waals surface area contributed by atoms with Gasteiger partial charge in [0.15, 0.2) is 5.78 Å². The van der Waals surface area contributed by atoms with Gasteiger partial charge in [0, 0.05) is 0 Å². The summed E-state index contributed by atoms with van der Waals surface area (Å²) >= 11 is 0. The minimum absolute atomic E-state index is 0.0605. The zero-order chi connectivity index (χ0) is 10.1. The molecular formula is C11H12O3. The van der Waals surface area contributed by atoms with E-state index in [0.717, 1.165) is 0 Å². The summed E-state index contributed by atoms with van der Waals surface area (Å²) in [5.41, 5.74) is 0.628. The first-order valence-electron chi connectivity index (χ1n) is 4.57. The second-order valence-electron chi connectivity index (χ2n) is 3.44. The van der Waals surface area contributed by atoms with Crippen LogP contribution in [0.5, 0.6) is 11.5 Å². The van der Waals surface area contributed by atoms with Gasteiger partial charge >= 0.3 is 0 Å². The van der Waals surface area contributed by atoms with Gasteiger partial charge in [0.25, 0.3) is 0 Å². The van der Waals surface area contributed by atoms with Gasteiger partial charge in [-0.05, 0) is 18.2 Å². The Balaban J connectivity index is 2.46. The molecule has 0 spiro atoms. The smallest absolute Gasteiger partial charge is 0.172 e. The molecular weight excluding hydrogens is 180 g/mol. The van der Waals surface area contributed by atoms with Crippen LogP contribution in [0.1, 0.15) is 17.3 Å². The molecule has 2 rings (SSSR count). The van der Waals surface area contributed by atoms with Crippen LogP contribution in [0, 0.1) is 5.92 Å². The second-order valence-corrected chi connectivity index (χ2v) is 3.44. The van der Waals surface area contributed by atoms with E-state index in [4.69, 9.17) is 9.47 Å². The first kappa shape index (κ1) is 9.06. The van der Waals surface area contributed by atoms with Crippen LogP contribution in [0.15, 0.2) is 18.2 Å². The fourth-order valence-electron chi connectivity index (χ4n) is 1.51. The first-order chi connectivity index (χ1) is 6.72. The largest absolute Gasteiger partial charge is 0.497 e. The van der Waals surface area contributed by atoms with Gasteiger partial charge in [-0.1, -0.05) is 6.92 Å². The Kier molecular flexibility index (Phi) is 2.15. The van der Waals surface area contributed by atoms with Crippen LogP contribution in [0.2, 0.25) is 0 Å². The number of hydrogen-bond donors (Lipinski definition) is 0. The Hall–Kier alpha value is -1.51. The predicted molar refractivity (Wildman–Crippen MR) is 52.0 cm³/mol. The Labute approximate surface area is 82.6 Å². The van der Waals surface area contributed by atoms with Crippen molar-refractivity contribution in [1.82, 2.24) is 0 Å². The fraction of sp³-hybridized carbons (Fsp3) is 0.364. The van der Waals surface area contributed by atoms with E-state index in [2.05, 4.69) is 0 Å². The van der Waals surface area contributed by atoms with E-state index in [9.17, 15) is 4.79 Å². The summed E-state index contributed by atoms with van der Waals surface area (Å²) in [5, 5.41) is 0. The summed E-state index contributed by atoms with van der Waals surface area (Å²) in [6.07, 6.45) is 0. The van der Waals surface area contributed by atoms with Crippen molar-refractivity contribution in [1.29, 1.82) is 0 Å². The third-order valence-corrected chi connectivity index (χ3v) is 2.39. The molecule has 74 valence electrons. The molecule has 1 atom stereocenters. The number of benzene rings is 1. The number of carbonyl (C=O) groups excluding carboxylic acids is 1. The predicted octanol–water partition coefficient (Wildman–Crippen LogP) is 1.91. The van der Waals surface area contributed by atoms with Crippen LogP contribution in [0.4, 0.5) is 0 Å². The lowest BCUT2D eigenvalue weighted by Gasteiger charge is -2.21. The Morgan fingerprint density at radius 2 is 2.29 bits per heavy atom. The molecule has 0 bridgehead atoms. The molecule has 0 amide bonds. The topological polar surface area (TPSA) is 35.5 Å². The molecule has 0 saturated carbocycles. The van der Waals surface area contributed by atoms with Crippen molar-refractivity contribution in [2.24, 2.45) is 5.92 Å². The zero-order valence-electron chi connectivity index (χ0n) is 8.24. The van der Waals surface area contributed by atoms with Crippen LogP contribution < -0.4 is 9.47 Å². The van der Waals surface area contributed by atoms with Gasteiger partial charge in [-0.2, -0.15) is 0 Å². The molecule has 0 saturated heterocycles. The molecule has 0 N–H and O–H groups in total. The van der Waals surface area contributed by atoms with Crippen LogP contribution in [-0.2, 0) is 0 Å². The van der Waals surface area contributed by atoms with Crippen molar-refractivity contribution < 1.29 is 14.3 Å². The maximum atomic E-state index is 11.7. The van der Waals surface area contributed by atoms with Gasteiger partial charge in [-0.15, -0.1) is 0 Å². The van der Waals surface area contributed by atoms with Gasteiger partial charge < -0.3 is 9.47 Å². The molecule has 1 aromatic rings. The number of Topliss-reactive ketones (excluding diaryl/α,β-unsaturated/α-hetero) is 1. The third-order valence-electron chi connectivity index (χ3n) is 2.39. The summed E-state index contributed by atoms with van der Waals surface area (Å²) in [5.74, 6) is 1.42. The Bertz CT molecular complexity index is 371. The average Bonchev–Trinajstić information content (AvgIpc) is 2.23. The number of carbonyl (C=O) groups is 1. The van der Waals surface area contributed by atoms with Crippen molar-refractivity contribution in [3.05, 3.63) is 23.8 Å². The molecule has 1 aromatic carbocycles. The molecule has 1 unspecified atom stereocenters. The molecule has 3 nitrogen and oxygen atoms in total. The SMILES string of the molecule is COc1ccc2c(c1)C(=O)C(C)CO2. The van der Waals surface area contributed by atoms with Crippen molar-refractivity contribution in [3.8, 4) is 11.5 Å². The fourth-order valence-corrected chi connectivity index (χ4v) is 1.51. The lowest BCUT2D eigenvalue weighted by Crippen LogP contribution is -2.25. The van der Waals surface area contributed by atoms with E-state index in [0.29, 0.717) is 23.7 Å². The molecule has 14 heavy (non-hydrogen) atoms. The van der Waals surface area contributed by atoms with E-state index < -0.39 is 0 Å². The van der Waals surface area contributed by atoms with E-state index in [-0.39, 0.29) is 11.7 Å². The molecule has 1 aliphatic rings. The summed E-state index contributed by atoms with van der Waals surface area (Å²) in [6.45, 7) is 2.34. The first-order valence-corrected chi connectivity index (χ1v) is 4.57. The molecule has 1 aliphatic heterocycles. The normalized spacial score (nSPS) is 19.9. The van der Waals surface area contributed by atoms with Gasteiger partial charge in [-0.3, -0.25) is 4.79 Å². The lowest BCUT2D eigenvalue weighted by atomic mass is 9.97. The molecule has 1 heterocycles. The van der Waals surface area contributed by atoms with E-state index in [1.54, 1.807) is 25.3 Å². The monoisotopic (exact) mass is 192 g/mol. The summed E-state index contributed by atoms with van der Waals surface area (Å²) in [4.78, 5) is 11.7. The van der Waals surface area contributed by atoms with Gasteiger partial charge in [0.2, 0.25) is 0 Å². The molecule has 0 radical (unpaired) electrons. The van der Waals surface area contributed by atoms with Crippen molar-refractivity contribution in [2.75, 3.05) is 13.7 Å². The highest BCUT2D eigenvalue weighted by molar-refractivity contribution is 6.01. The highest BCUT2D eigenvalue weighted by Crippen LogP contribution is 2.30. The second kappa shape index (κ2) is 3.33. The van der Waals surface area contributed by atoms with Gasteiger partial charge in [0.1, 0.15) is 11.5 Å². The number of hydrogen-bond acceptors (Lipinski definition) is 3. The summed E-state index contributed by atoms with van der Waals surface area (Å²) < 4.78 is 10.5. The van der Waals surface area contributed by atoms with Crippen LogP contribution >= 0.6 is 0 Å². The van der Waals surface area contributed by atoms with Crippen molar-refractivity contribution >= 4 is 5.78 Å². The minimum atomic E-state index is -0.0605.